The molecule has 2 aliphatic heterocycles. The highest BCUT2D eigenvalue weighted by Gasteiger charge is 2.46. The molecule has 0 aliphatic carbocycles. The molecule has 1 N–H and O–H groups in total. The maximum Gasteiger partial charge on any atom is 0.269 e. The number of benzene rings is 1. The van der Waals surface area contributed by atoms with Gasteiger partial charge in [0.2, 0.25) is 11.5 Å². The van der Waals surface area contributed by atoms with Crippen molar-refractivity contribution in [3.05, 3.63) is 35.6 Å². The number of carbonyl (C=O) groups is 2. The molecule has 146 valence electrons. The van der Waals surface area contributed by atoms with Crippen molar-refractivity contribution in [2.45, 2.75) is 51.7 Å². The Bertz CT molecular complexity index is 757. The molecule has 1 aromatic carbocycles. The highest BCUT2D eigenvalue weighted by Crippen LogP contribution is 2.31. The number of nitrogens with zero attached hydrogens (tertiary/aromatic N) is 2. The van der Waals surface area contributed by atoms with E-state index < -0.39 is 5.60 Å². The molecule has 6 nitrogen and oxygen atoms in total. The summed E-state index contributed by atoms with van der Waals surface area (Å²) in [6.07, 6.45) is 1.48. The minimum absolute atomic E-state index is 0.0469. The smallest absolute Gasteiger partial charge is 0.269 e. The predicted molar refractivity (Wildman–Crippen MR) is 99.6 cm³/mol. The summed E-state index contributed by atoms with van der Waals surface area (Å²) in [6, 6.07) is 6.44. The molecule has 27 heavy (non-hydrogen) atoms. The van der Waals surface area contributed by atoms with Gasteiger partial charge in [0, 0.05) is 37.0 Å². The van der Waals surface area contributed by atoms with Crippen LogP contribution in [0.2, 0.25) is 0 Å². The van der Waals surface area contributed by atoms with Crippen molar-refractivity contribution >= 4 is 17.5 Å². The van der Waals surface area contributed by atoms with Crippen molar-refractivity contribution in [3.8, 4) is 0 Å². The molecule has 1 saturated heterocycles. The summed E-state index contributed by atoms with van der Waals surface area (Å²) < 4.78 is 14.0. The third-order valence-electron chi connectivity index (χ3n) is 5.08. The van der Waals surface area contributed by atoms with E-state index in [0.29, 0.717) is 37.2 Å². The monoisotopic (exact) mass is 375 g/mol. The van der Waals surface area contributed by atoms with E-state index in [9.17, 15) is 14.0 Å². The Labute approximate surface area is 158 Å². The number of halogens is 1. The van der Waals surface area contributed by atoms with E-state index >= 15 is 0 Å². The van der Waals surface area contributed by atoms with Gasteiger partial charge in [-0.15, -0.1) is 0 Å². The SMILES string of the molecule is CC(C)NC(=O)C1CCN(C(=O)C2(C)CC(c3ccccc3F)=NO2)CC1. The number of carbonyl (C=O) groups excluding carboxylic acids is 2. The number of oxime groups is 1. The molecule has 2 amide bonds. The third-order valence-corrected chi connectivity index (χ3v) is 5.08. The van der Waals surface area contributed by atoms with Gasteiger partial charge in [0.25, 0.3) is 5.91 Å². The second kappa shape index (κ2) is 7.66. The maximum absolute atomic E-state index is 14.0. The lowest BCUT2D eigenvalue weighted by atomic mass is 9.91. The van der Waals surface area contributed by atoms with Gasteiger partial charge in [-0.05, 0) is 39.7 Å². The first-order valence-electron chi connectivity index (χ1n) is 9.40. The number of hydrogen-bond acceptors (Lipinski definition) is 4. The standard InChI is InChI=1S/C20H26FN3O3/c1-13(2)22-18(25)14-8-10-24(11-9-14)19(26)20(3)12-17(23-27-20)15-6-4-5-7-16(15)21/h4-7,13-14H,8-12H2,1-3H3,(H,22,25). The minimum Gasteiger partial charge on any atom is -0.379 e. The van der Waals surface area contributed by atoms with Crippen LogP contribution in [0.3, 0.4) is 0 Å². The van der Waals surface area contributed by atoms with Gasteiger partial charge in [-0.2, -0.15) is 0 Å². The van der Waals surface area contributed by atoms with E-state index in [-0.39, 0.29) is 36.0 Å². The fraction of sp³-hybridized carbons (Fsp3) is 0.550. The Morgan fingerprint density at radius 3 is 2.59 bits per heavy atom. The summed E-state index contributed by atoms with van der Waals surface area (Å²) in [5.41, 5.74) is -0.335. The van der Waals surface area contributed by atoms with Gasteiger partial charge >= 0.3 is 0 Å². The fourth-order valence-corrected chi connectivity index (χ4v) is 3.58. The van der Waals surface area contributed by atoms with Gasteiger partial charge in [-0.3, -0.25) is 9.59 Å². The molecular formula is C20H26FN3O3. The maximum atomic E-state index is 14.0. The molecule has 0 radical (unpaired) electrons. The van der Waals surface area contributed by atoms with Crippen LogP contribution in [0.25, 0.3) is 0 Å². The van der Waals surface area contributed by atoms with Crippen LogP contribution in [0.4, 0.5) is 4.39 Å². The van der Waals surface area contributed by atoms with Crippen LogP contribution >= 0.6 is 0 Å². The number of likely N-dealkylation sites (tertiary alicyclic amines) is 1. The zero-order valence-electron chi connectivity index (χ0n) is 16.0. The van der Waals surface area contributed by atoms with Crippen LogP contribution in [-0.2, 0) is 14.4 Å². The Kier molecular flexibility index (Phi) is 5.48. The molecular weight excluding hydrogens is 349 g/mol. The first-order valence-corrected chi connectivity index (χ1v) is 9.40. The molecule has 0 spiro atoms. The van der Waals surface area contributed by atoms with Crippen LogP contribution in [0, 0.1) is 11.7 Å². The van der Waals surface area contributed by atoms with Crippen molar-refractivity contribution in [2.24, 2.45) is 11.1 Å². The second-order valence-corrected chi connectivity index (χ2v) is 7.75. The Morgan fingerprint density at radius 1 is 1.30 bits per heavy atom. The van der Waals surface area contributed by atoms with Crippen molar-refractivity contribution < 1.29 is 18.8 Å². The molecule has 0 aromatic heterocycles. The van der Waals surface area contributed by atoms with Crippen LogP contribution < -0.4 is 5.32 Å². The summed E-state index contributed by atoms with van der Waals surface area (Å²) >= 11 is 0. The van der Waals surface area contributed by atoms with Crippen molar-refractivity contribution in [3.63, 3.8) is 0 Å². The fourth-order valence-electron chi connectivity index (χ4n) is 3.58. The molecule has 2 aliphatic rings. The van der Waals surface area contributed by atoms with Crippen molar-refractivity contribution in [1.29, 1.82) is 0 Å². The number of amides is 2. The first-order chi connectivity index (χ1) is 12.8. The van der Waals surface area contributed by atoms with Crippen LogP contribution in [0.15, 0.2) is 29.4 Å². The molecule has 0 saturated carbocycles. The highest BCUT2D eigenvalue weighted by atomic mass is 19.1. The Morgan fingerprint density at radius 2 is 1.96 bits per heavy atom. The van der Waals surface area contributed by atoms with Gasteiger partial charge in [0.1, 0.15) is 5.82 Å². The van der Waals surface area contributed by atoms with Gasteiger partial charge in [-0.1, -0.05) is 23.4 Å². The lowest BCUT2D eigenvalue weighted by Gasteiger charge is -2.35. The molecule has 1 unspecified atom stereocenters. The molecule has 1 aromatic rings. The molecule has 1 atom stereocenters. The molecule has 3 rings (SSSR count). The van der Waals surface area contributed by atoms with E-state index in [1.54, 1.807) is 30.0 Å². The minimum atomic E-state index is -1.13. The molecule has 7 heteroatoms. The average molecular weight is 375 g/mol. The summed E-state index contributed by atoms with van der Waals surface area (Å²) in [4.78, 5) is 32.3. The van der Waals surface area contributed by atoms with Gasteiger partial charge in [-0.25, -0.2) is 4.39 Å². The van der Waals surface area contributed by atoms with E-state index in [2.05, 4.69) is 10.5 Å². The lowest BCUT2D eigenvalue weighted by molar-refractivity contribution is -0.155. The van der Waals surface area contributed by atoms with Crippen LogP contribution in [-0.4, -0.2) is 47.2 Å². The summed E-state index contributed by atoms with van der Waals surface area (Å²) in [5, 5.41) is 6.90. The lowest BCUT2D eigenvalue weighted by Crippen LogP contribution is -2.51. The zero-order valence-corrected chi connectivity index (χ0v) is 16.0. The van der Waals surface area contributed by atoms with E-state index in [4.69, 9.17) is 4.84 Å². The Hall–Kier alpha value is -2.44. The summed E-state index contributed by atoms with van der Waals surface area (Å²) in [6.45, 7) is 6.56. The molecule has 2 heterocycles. The average Bonchev–Trinajstić information content (AvgIpc) is 3.04. The number of piperidine rings is 1. The van der Waals surface area contributed by atoms with Crippen LogP contribution in [0.1, 0.15) is 45.6 Å². The quantitative estimate of drug-likeness (QED) is 0.879. The largest absolute Gasteiger partial charge is 0.379 e. The summed E-state index contributed by atoms with van der Waals surface area (Å²) in [5.74, 6) is -0.571. The van der Waals surface area contributed by atoms with Crippen molar-refractivity contribution in [2.75, 3.05) is 13.1 Å². The normalized spacial score (nSPS) is 23.1. The second-order valence-electron chi connectivity index (χ2n) is 7.75. The Balaban J connectivity index is 1.59. The van der Waals surface area contributed by atoms with Crippen molar-refractivity contribution in [1.82, 2.24) is 10.2 Å². The topological polar surface area (TPSA) is 71.0 Å². The number of rotatable bonds is 4. The molecule has 1 fully saturated rings. The van der Waals surface area contributed by atoms with E-state index in [1.807, 2.05) is 13.8 Å². The van der Waals surface area contributed by atoms with Gasteiger partial charge in [0.05, 0.1) is 5.71 Å². The van der Waals surface area contributed by atoms with E-state index in [1.165, 1.54) is 6.07 Å². The first kappa shape index (κ1) is 19.3. The number of nitrogens with one attached hydrogen (secondary N) is 1. The molecule has 0 bridgehead atoms. The van der Waals surface area contributed by atoms with Gasteiger partial charge in [0.15, 0.2) is 0 Å². The zero-order chi connectivity index (χ0) is 19.6. The number of hydrogen-bond donors (Lipinski definition) is 1. The van der Waals surface area contributed by atoms with Gasteiger partial charge < -0.3 is 15.1 Å². The highest BCUT2D eigenvalue weighted by molar-refractivity contribution is 6.05. The summed E-state index contributed by atoms with van der Waals surface area (Å²) in [7, 11) is 0. The third kappa shape index (κ3) is 4.12. The predicted octanol–water partition coefficient (Wildman–Crippen LogP) is 2.47. The van der Waals surface area contributed by atoms with E-state index in [0.717, 1.165) is 0 Å². The van der Waals surface area contributed by atoms with Crippen LogP contribution in [0.5, 0.6) is 0 Å².